The number of nitrogens with one attached hydrogen (secondary N) is 1. The van der Waals surface area contributed by atoms with Gasteiger partial charge in [-0.15, -0.1) is 0 Å². The molecule has 88 valence electrons. The van der Waals surface area contributed by atoms with Crippen molar-refractivity contribution in [1.82, 2.24) is 5.32 Å². The first kappa shape index (κ1) is 12.5. The Balaban J connectivity index is 2.51. The lowest BCUT2D eigenvalue weighted by atomic mass is 10.1. The standard InChI is InChI=1S/C12H18N2O2/c1-9(14-7-6-12(13)15)10-4-3-5-11(8-10)16-2/h3-5,8-9,14H,6-7H2,1-2H3,(H2,13,15)/t9-/m0/s1. The molecule has 0 aliphatic carbocycles. The zero-order chi connectivity index (χ0) is 12.0. The third-order valence-corrected chi connectivity index (χ3v) is 2.42. The highest BCUT2D eigenvalue weighted by Gasteiger charge is 2.05. The second-order valence-corrected chi connectivity index (χ2v) is 3.67. The van der Waals surface area contributed by atoms with E-state index < -0.39 is 0 Å². The molecule has 0 aliphatic heterocycles. The molecule has 1 aromatic rings. The van der Waals surface area contributed by atoms with Crippen LogP contribution >= 0.6 is 0 Å². The van der Waals surface area contributed by atoms with Gasteiger partial charge in [0.25, 0.3) is 0 Å². The molecule has 0 spiro atoms. The molecule has 0 aromatic heterocycles. The number of amides is 1. The largest absolute Gasteiger partial charge is 0.497 e. The van der Waals surface area contributed by atoms with Crippen molar-refractivity contribution < 1.29 is 9.53 Å². The fourth-order valence-electron chi connectivity index (χ4n) is 1.44. The van der Waals surface area contributed by atoms with Crippen molar-refractivity contribution in [2.75, 3.05) is 13.7 Å². The molecule has 16 heavy (non-hydrogen) atoms. The zero-order valence-corrected chi connectivity index (χ0v) is 9.69. The highest BCUT2D eigenvalue weighted by molar-refractivity contribution is 5.73. The molecule has 0 unspecified atom stereocenters. The minimum absolute atomic E-state index is 0.175. The average molecular weight is 222 g/mol. The third-order valence-electron chi connectivity index (χ3n) is 2.42. The number of ether oxygens (including phenoxy) is 1. The van der Waals surface area contributed by atoms with Gasteiger partial charge in [0.1, 0.15) is 5.75 Å². The number of hydrogen-bond acceptors (Lipinski definition) is 3. The van der Waals surface area contributed by atoms with Gasteiger partial charge >= 0.3 is 0 Å². The number of primary amides is 1. The monoisotopic (exact) mass is 222 g/mol. The molecule has 0 heterocycles. The minimum Gasteiger partial charge on any atom is -0.497 e. The molecular formula is C12H18N2O2. The highest BCUT2D eigenvalue weighted by atomic mass is 16.5. The van der Waals surface area contributed by atoms with Gasteiger partial charge in [-0.3, -0.25) is 4.79 Å². The Morgan fingerprint density at radius 1 is 1.56 bits per heavy atom. The van der Waals surface area contributed by atoms with Crippen molar-refractivity contribution in [3.63, 3.8) is 0 Å². The van der Waals surface area contributed by atoms with Gasteiger partial charge in [0, 0.05) is 19.0 Å². The van der Waals surface area contributed by atoms with E-state index in [-0.39, 0.29) is 11.9 Å². The van der Waals surface area contributed by atoms with Crippen LogP contribution in [-0.4, -0.2) is 19.6 Å². The summed E-state index contributed by atoms with van der Waals surface area (Å²) in [6, 6.07) is 8.02. The van der Waals surface area contributed by atoms with Gasteiger partial charge < -0.3 is 15.8 Å². The van der Waals surface area contributed by atoms with Crippen LogP contribution in [0.1, 0.15) is 24.9 Å². The van der Waals surface area contributed by atoms with Crippen molar-refractivity contribution in [2.45, 2.75) is 19.4 Å². The Bertz CT molecular complexity index is 353. The maximum atomic E-state index is 10.6. The van der Waals surface area contributed by atoms with Gasteiger partial charge in [0.2, 0.25) is 5.91 Å². The van der Waals surface area contributed by atoms with Crippen LogP contribution in [0.3, 0.4) is 0 Å². The Labute approximate surface area is 95.8 Å². The molecule has 3 N–H and O–H groups in total. The molecular weight excluding hydrogens is 204 g/mol. The Hall–Kier alpha value is -1.55. The summed E-state index contributed by atoms with van der Waals surface area (Å²) in [5.41, 5.74) is 6.19. The summed E-state index contributed by atoms with van der Waals surface area (Å²) in [5, 5.41) is 3.23. The fraction of sp³-hybridized carbons (Fsp3) is 0.417. The molecule has 0 saturated heterocycles. The first-order chi connectivity index (χ1) is 7.63. The maximum Gasteiger partial charge on any atom is 0.218 e. The van der Waals surface area contributed by atoms with E-state index in [0.717, 1.165) is 11.3 Å². The van der Waals surface area contributed by atoms with E-state index in [1.807, 2.05) is 31.2 Å². The van der Waals surface area contributed by atoms with Crippen LogP contribution < -0.4 is 15.8 Å². The van der Waals surface area contributed by atoms with Crippen molar-refractivity contribution >= 4 is 5.91 Å². The van der Waals surface area contributed by atoms with E-state index in [1.54, 1.807) is 7.11 Å². The second-order valence-electron chi connectivity index (χ2n) is 3.67. The van der Waals surface area contributed by atoms with Crippen molar-refractivity contribution in [2.24, 2.45) is 5.73 Å². The van der Waals surface area contributed by atoms with Crippen molar-refractivity contribution in [3.05, 3.63) is 29.8 Å². The Morgan fingerprint density at radius 2 is 2.31 bits per heavy atom. The SMILES string of the molecule is COc1cccc([C@H](C)NCCC(N)=O)c1. The zero-order valence-electron chi connectivity index (χ0n) is 9.69. The highest BCUT2D eigenvalue weighted by Crippen LogP contribution is 2.18. The van der Waals surface area contributed by atoms with Gasteiger partial charge in [-0.25, -0.2) is 0 Å². The topological polar surface area (TPSA) is 64.3 Å². The van der Waals surface area contributed by atoms with Crippen LogP contribution in [0.5, 0.6) is 5.75 Å². The molecule has 0 bridgehead atoms. The first-order valence-electron chi connectivity index (χ1n) is 5.29. The predicted octanol–water partition coefficient (Wildman–Crippen LogP) is 1.22. The van der Waals surface area contributed by atoms with Gasteiger partial charge in [-0.1, -0.05) is 12.1 Å². The van der Waals surface area contributed by atoms with Crippen molar-refractivity contribution in [3.8, 4) is 5.75 Å². The predicted molar refractivity (Wildman–Crippen MR) is 63.2 cm³/mol. The summed E-state index contributed by atoms with van der Waals surface area (Å²) < 4.78 is 5.15. The molecule has 0 aliphatic rings. The molecule has 0 fully saturated rings. The van der Waals surface area contributed by atoms with Gasteiger partial charge in [-0.05, 0) is 24.6 Å². The lowest BCUT2D eigenvalue weighted by Crippen LogP contribution is -2.24. The van der Waals surface area contributed by atoms with Crippen molar-refractivity contribution in [1.29, 1.82) is 0 Å². The van der Waals surface area contributed by atoms with Crippen LogP contribution in [0, 0.1) is 0 Å². The Morgan fingerprint density at radius 3 is 2.94 bits per heavy atom. The number of hydrogen-bond donors (Lipinski definition) is 2. The van der Waals surface area contributed by atoms with Crippen LogP contribution in [0.4, 0.5) is 0 Å². The summed E-state index contributed by atoms with van der Waals surface area (Å²) in [4.78, 5) is 10.6. The summed E-state index contributed by atoms with van der Waals surface area (Å²) >= 11 is 0. The van der Waals surface area contributed by atoms with E-state index in [1.165, 1.54) is 0 Å². The van der Waals surface area contributed by atoms with E-state index in [0.29, 0.717) is 13.0 Å². The smallest absolute Gasteiger partial charge is 0.218 e. The van der Waals surface area contributed by atoms with E-state index in [9.17, 15) is 4.79 Å². The summed E-state index contributed by atoms with van der Waals surface area (Å²) in [6.07, 6.45) is 0.355. The molecule has 1 aromatic carbocycles. The summed E-state index contributed by atoms with van der Waals surface area (Å²) in [7, 11) is 1.64. The summed E-state index contributed by atoms with van der Waals surface area (Å²) in [6.45, 7) is 2.63. The van der Waals surface area contributed by atoms with E-state index in [4.69, 9.17) is 10.5 Å². The van der Waals surface area contributed by atoms with Gasteiger partial charge in [0.05, 0.1) is 7.11 Å². The fourth-order valence-corrected chi connectivity index (χ4v) is 1.44. The van der Waals surface area contributed by atoms with Gasteiger partial charge in [0.15, 0.2) is 0 Å². The molecule has 1 rings (SSSR count). The van der Waals surface area contributed by atoms with Gasteiger partial charge in [-0.2, -0.15) is 0 Å². The third kappa shape index (κ3) is 3.90. The minimum atomic E-state index is -0.287. The number of carbonyl (C=O) groups is 1. The van der Waals surface area contributed by atoms with Crippen LogP contribution in [0.2, 0.25) is 0 Å². The molecule has 0 radical (unpaired) electrons. The lowest BCUT2D eigenvalue weighted by molar-refractivity contribution is -0.117. The molecule has 0 saturated carbocycles. The second kappa shape index (κ2) is 6.12. The van der Waals surface area contributed by atoms with Crippen LogP contribution in [0.15, 0.2) is 24.3 Å². The van der Waals surface area contributed by atoms with Crippen LogP contribution in [0.25, 0.3) is 0 Å². The normalized spacial score (nSPS) is 12.1. The van der Waals surface area contributed by atoms with Crippen LogP contribution in [-0.2, 0) is 4.79 Å². The number of carbonyl (C=O) groups excluding carboxylic acids is 1. The molecule has 4 heteroatoms. The lowest BCUT2D eigenvalue weighted by Gasteiger charge is -2.14. The number of benzene rings is 1. The molecule has 4 nitrogen and oxygen atoms in total. The number of methoxy groups -OCH3 is 1. The maximum absolute atomic E-state index is 10.6. The number of rotatable bonds is 6. The number of nitrogens with two attached hydrogens (primary N) is 1. The average Bonchev–Trinajstić information content (AvgIpc) is 2.28. The van der Waals surface area contributed by atoms with E-state index >= 15 is 0 Å². The summed E-state index contributed by atoms with van der Waals surface area (Å²) in [5.74, 6) is 0.548. The molecule has 1 atom stereocenters. The molecule has 1 amide bonds. The first-order valence-corrected chi connectivity index (χ1v) is 5.29. The Kier molecular flexibility index (Phi) is 4.79. The van der Waals surface area contributed by atoms with E-state index in [2.05, 4.69) is 5.32 Å². The quantitative estimate of drug-likeness (QED) is 0.760.